The van der Waals surface area contributed by atoms with Crippen molar-refractivity contribution < 1.29 is 0 Å². The molecule has 0 aliphatic heterocycles. The van der Waals surface area contributed by atoms with Gasteiger partial charge in [0.2, 0.25) is 0 Å². The molecule has 0 atom stereocenters. The van der Waals surface area contributed by atoms with Crippen molar-refractivity contribution in [2.24, 2.45) is 0 Å². The fourth-order valence-electron chi connectivity index (χ4n) is 8.94. The Balaban J connectivity index is 1.11. The van der Waals surface area contributed by atoms with Gasteiger partial charge in [-0.2, -0.15) is 0 Å². The smallest absolute Gasteiger partial charge is 0.164 e. The predicted octanol–water partition coefficient (Wildman–Crippen LogP) is 13.5. The first kappa shape index (κ1) is 31.5. The summed E-state index contributed by atoms with van der Waals surface area (Å²) in [5.74, 6) is 1.97. The molecule has 0 unspecified atom stereocenters. The molecule has 9 aromatic carbocycles. The Kier molecular flexibility index (Phi) is 6.90. The summed E-state index contributed by atoms with van der Waals surface area (Å²) in [5, 5.41) is 10.0. The van der Waals surface area contributed by atoms with Gasteiger partial charge in [-0.05, 0) is 94.7 Å². The first-order chi connectivity index (χ1) is 27.0. The van der Waals surface area contributed by atoms with E-state index in [1.54, 1.807) is 0 Å². The van der Waals surface area contributed by atoms with Crippen molar-refractivity contribution in [2.75, 3.05) is 0 Å². The lowest BCUT2D eigenvalue weighted by Crippen LogP contribution is -2.15. The van der Waals surface area contributed by atoms with Crippen LogP contribution in [0.3, 0.4) is 0 Å². The summed E-state index contributed by atoms with van der Waals surface area (Å²) in [7, 11) is 0. The third-order valence-corrected chi connectivity index (χ3v) is 11.7. The summed E-state index contributed by atoms with van der Waals surface area (Å²) >= 11 is 0. The first-order valence-electron chi connectivity index (χ1n) is 18.9. The van der Waals surface area contributed by atoms with Crippen LogP contribution in [0.2, 0.25) is 0 Å². The SMILES string of the molecule is CC1(C)c2ccccc2-c2ccc(-c3nc(-c4ccccc4)nc(-c4cccc(-c5cc6c(ccc7ccc8ccccc8c76)c6ccccc56)c4)n3)cc21. The lowest BCUT2D eigenvalue weighted by Gasteiger charge is -2.21. The minimum Gasteiger partial charge on any atom is -0.208 e. The molecule has 3 heteroatoms. The second-order valence-corrected chi connectivity index (χ2v) is 15.2. The highest BCUT2D eigenvalue weighted by atomic mass is 15.0. The molecule has 3 nitrogen and oxygen atoms in total. The van der Waals surface area contributed by atoms with Gasteiger partial charge in [-0.1, -0.05) is 172 Å². The molecule has 1 aliphatic rings. The monoisotopic (exact) mass is 701 g/mol. The van der Waals surface area contributed by atoms with E-state index in [4.69, 9.17) is 15.0 Å². The van der Waals surface area contributed by atoms with E-state index < -0.39 is 0 Å². The molecule has 11 rings (SSSR count). The number of aromatic nitrogens is 3. The van der Waals surface area contributed by atoms with Gasteiger partial charge in [0.25, 0.3) is 0 Å². The normalized spacial score (nSPS) is 13.1. The molecule has 1 aliphatic carbocycles. The van der Waals surface area contributed by atoms with Crippen LogP contribution in [0.15, 0.2) is 176 Å². The Bertz CT molecular complexity index is 3180. The highest BCUT2D eigenvalue weighted by Gasteiger charge is 2.35. The molecule has 55 heavy (non-hydrogen) atoms. The van der Waals surface area contributed by atoms with Crippen LogP contribution in [0.5, 0.6) is 0 Å². The summed E-state index contributed by atoms with van der Waals surface area (Å²) in [5.41, 5.74) is 10.3. The van der Waals surface area contributed by atoms with Gasteiger partial charge in [0, 0.05) is 22.1 Å². The zero-order valence-electron chi connectivity index (χ0n) is 30.6. The molecular weight excluding hydrogens is 667 g/mol. The number of fused-ring (bicyclic) bond motifs is 10. The first-order valence-corrected chi connectivity index (χ1v) is 18.9. The summed E-state index contributed by atoms with van der Waals surface area (Å²) in [6.07, 6.45) is 0. The summed E-state index contributed by atoms with van der Waals surface area (Å²) < 4.78 is 0. The van der Waals surface area contributed by atoms with Gasteiger partial charge in [0.1, 0.15) is 0 Å². The van der Waals surface area contributed by atoms with E-state index in [2.05, 4.69) is 172 Å². The topological polar surface area (TPSA) is 38.7 Å². The standard InChI is InChI=1S/C52H35N3/c1-52(2)46-22-11-10-21-42(46)43-28-26-37(30-47(43)52)51-54-49(34-14-4-3-5-15-34)53-50(55-51)36-17-12-16-35(29-36)44-31-45-41(39-19-8-9-20-40(39)44)27-25-33-24-23-32-13-6-7-18-38(32)48(33)45/h3-31H,1-2H3. The van der Waals surface area contributed by atoms with Crippen LogP contribution >= 0.6 is 0 Å². The number of hydrogen-bond acceptors (Lipinski definition) is 3. The molecule has 0 bridgehead atoms. The van der Waals surface area contributed by atoms with E-state index in [0.29, 0.717) is 17.5 Å². The van der Waals surface area contributed by atoms with Crippen molar-refractivity contribution in [3.05, 3.63) is 187 Å². The minimum atomic E-state index is -0.130. The van der Waals surface area contributed by atoms with Gasteiger partial charge >= 0.3 is 0 Å². The van der Waals surface area contributed by atoms with E-state index in [-0.39, 0.29) is 5.41 Å². The van der Waals surface area contributed by atoms with Crippen LogP contribution in [0.4, 0.5) is 0 Å². The highest BCUT2D eigenvalue weighted by Crippen LogP contribution is 2.49. The zero-order chi connectivity index (χ0) is 36.7. The van der Waals surface area contributed by atoms with Crippen molar-refractivity contribution in [1.82, 2.24) is 15.0 Å². The summed E-state index contributed by atoms with van der Waals surface area (Å²) in [6.45, 7) is 4.62. The molecule has 258 valence electrons. The Morgan fingerprint density at radius 3 is 1.75 bits per heavy atom. The van der Waals surface area contributed by atoms with Crippen LogP contribution in [-0.4, -0.2) is 15.0 Å². The Morgan fingerprint density at radius 1 is 0.327 bits per heavy atom. The second-order valence-electron chi connectivity index (χ2n) is 15.2. The maximum absolute atomic E-state index is 5.22. The second kappa shape index (κ2) is 12.0. The quantitative estimate of drug-likeness (QED) is 0.171. The van der Waals surface area contributed by atoms with Crippen molar-refractivity contribution in [3.63, 3.8) is 0 Å². The Morgan fingerprint density at radius 2 is 0.909 bits per heavy atom. The molecule has 0 saturated carbocycles. The maximum Gasteiger partial charge on any atom is 0.164 e. The van der Waals surface area contributed by atoms with Crippen molar-refractivity contribution in [3.8, 4) is 56.4 Å². The van der Waals surface area contributed by atoms with Gasteiger partial charge < -0.3 is 0 Å². The van der Waals surface area contributed by atoms with E-state index in [1.807, 2.05) is 18.2 Å². The third-order valence-electron chi connectivity index (χ3n) is 11.7. The largest absolute Gasteiger partial charge is 0.208 e. The molecule has 0 radical (unpaired) electrons. The molecule has 1 aromatic heterocycles. The molecule has 0 N–H and O–H groups in total. The van der Waals surface area contributed by atoms with Gasteiger partial charge in [-0.3, -0.25) is 0 Å². The van der Waals surface area contributed by atoms with E-state index in [0.717, 1.165) is 22.3 Å². The third kappa shape index (κ3) is 4.93. The van der Waals surface area contributed by atoms with E-state index in [9.17, 15) is 0 Å². The van der Waals surface area contributed by atoms with E-state index >= 15 is 0 Å². The van der Waals surface area contributed by atoms with Crippen LogP contribution in [-0.2, 0) is 5.41 Å². The predicted molar refractivity (Wildman–Crippen MR) is 229 cm³/mol. The highest BCUT2D eigenvalue weighted by molar-refractivity contribution is 6.26. The van der Waals surface area contributed by atoms with Crippen molar-refractivity contribution in [2.45, 2.75) is 19.3 Å². The lowest BCUT2D eigenvalue weighted by molar-refractivity contribution is 0.660. The van der Waals surface area contributed by atoms with E-state index in [1.165, 1.54) is 70.9 Å². The molecule has 0 amide bonds. The van der Waals surface area contributed by atoms with Crippen LogP contribution in [0, 0.1) is 0 Å². The van der Waals surface area contributed by atoms with Crippen LogP contribution in [0.25, 0.3) is 99.5 Å². The van der Waals surface area contributed by atoms with Gasteiger partial charge in [0.05, 0.1) is 0 Å². The molecule has 0 spiro atoms. The average molecular weight is 702 g/mol. The van der Waals surface area contributed by atoms with Crippen LogP contribution < -0.4 is 0 Å². The average Bonchev–Trinajstić information content (AvgIpc) is 3.48. The van der Waals surface area contributed by atoms with Crippen molar-refractivity contribution >= 4 is 43.1 Å². The zero-order valence-corrected chi connectivity index (χ0v) is 30.6. The number of nitrogens with zero attached hydrogens (tertiary/aromatic N) is 3. The molecule has 1 heterocycles. The van der Waals surface area contributed by atoms with Crippen LogP contribution in [0.1, 0.15) is 25.0 Å². The van der Waals surface area contributed by atoms with Gasteiger partial charge in [0.15, 0.2) is 17.5 Å². The summed E-state index contributed by atoms with van der Waals surface area (Å²) in [4.78, 5) is 15.5. The van der Waals surface area contributed by atoms with Gasteiger partial charge in [-0.25, -0.2) is 15.0 Å². The number of hydrogen-bond donors (Lipinski definition) is 0. The molecule has 0 saturated heterocycles. The lowest BCUT2D eigenvalue weighted by atomic mass is 9.82. The van der Waals surface area contributed by atoms with Gasteiger partial charge in [-0.15, -0.1) is 0 Å². The fraction of sp³-hybridized carbons (Fsp3) is 0.0577. The Hall–Kier alpha value is -6.97. The van der Waals surface area contributed by atoms with Crippen molar-refractivity contribution in [1.29, 1.82) is 0 Å². The molecule has 10 aromatic rings. The number of benzene rings is 9. The number of rotatable bonds is 4. The Labute approximate surface area is 319 Å². The fourth-order valence-corrected chi connectivity index (χ4v) is 8.94. The molecule has 0 fully saturated rings. The maximum atomic E-state index is 5.22. The molecular formula is C52H35N3. The summed E-state index contributed by atoms with van der Waals surface area (Å²) in [6, 6.07) is 63.2. The minimum absolute atomic E-state index is 0.130.